The number of esters is 1. The second-order valence-electron chi connectivity index (χ2n) is 4.30. The second kappa shape index (κ2) is 4.38. The van der Waals surface area contributed by atoms with Crippen molar-refractivity contribution in [3.8, 4) is 0 Å². The van der Waals surface area contributed by atoms with Crippen molar-refractivity contribution in [2.45, 2.75) is 24.9 Å². The predicted octanol–water partition coefficient (Wildman–Crippen LogP) is 1.29. The topological polar surface area (TPSA) is 89.7 Å². The van der Waals surface area contributed by atoms with Gasteiger partial charge in [0.25, 0.3) is 5.69 Å². The Hall–Kier alpha value is -1.95. The number of fused-ring (bicyclic) bond motifs is 1. The molecular formula is C12H13NO5. The van der Waals surface area contributed by atoms with E-state index in [9.17, 15) is 20.0 Å². The lowest BCUT2D eigenvalue weighted by molar-refractivity contribution is -0.385. The summed E-state index contributed by atoms with van der Waals surface area (Å²) < 4.78 is 4.59. The molecule has 1 aromatic rings. The summed E-state index contributed by atoms with van der Waals surface area (Å²) in [5.74, 6) is -0.774. The highest BCUT2D eigenvalue weighted by Crippen LogP contribution is 2.38. The number of aliphatic hydroxyl groups is 1. The van der Waals surface area contributed by atoms with Gasteiger partial charge in [-0.25, -0.2) is 4.79 Å². The normalized spacial score (nSPS) is 22.1. The summed E-state index contributed by atoms with van der Waals surface area (Å²) in [6.07, 6.45) is 1.54. The van der Waals surface area contributed by atoms with Crippen molar-refractivity contribution in [1.29, 1.82) is 0 Å². The zero-order valence-electron chi connectivity index (χ0n) is 9.88. The monoisotopic (exact) mass is 251 g/mol. The maximum absolute atomic E-state index is 11.7. The van der Waals surface area contributed by atoms with Crippen LogP contribution in [0.4, 0.5) is 5.69 Å². The van der Waals surface area contributed by atoms with E-state index in [1.54, 1.807) is 6.07 Å². The molecule has 96 valence electrons. The third kappa shape index (κ3) is 1.84. The van der Waals surface area contributed by atoms with Crippen LogP contribution in [0.25, 0.3) is 0 Å². The number of nitro benzene ring substituents is 1. The summed E-state index contributed by atoms with van der Waals surface area (Å²) in [5, 5.41) is 21.1. The van der Waals surface area contributed by atoms with Gasteiger partial charge in [-0.15, -0.1) is 0 Å². The molecule has 0 saturated heterocycles. The molecule has 0 spiro atoms. The minimum absolute atomic E-state index is 0.141. The van der Waals surface area contributed by atoms with Crippen LogP contribution in [0.3, 0.4) is 0 Å². The minimum atomic E-state index is -1.77. The molecule has 2 rings (SSSR count). The number of non-ortho nitro benzene ring substituents is 1. The summed E-state index contributed by atoms with van der Waals surface area (Å²) in [5.41, 5.74) is -0.874. The number of aryl methyl sites for hydroxylation is 1. The van der Waals surface area contributed by atoms with Crippen LogP contribution in [0, 0.1) is 10.1 Å². The molecule has 1 aliphatic rings. The van der Waals surface area contributed by atoms with Crippen LogP contribution in [0.1, 0.15) is 24.0 Å². The first-order valence-corrected chi connectivity index (χ1v) is 5.57. The van der Waals surface area contributed by atoms with E-state index in [1.807, 2.05) is 0 Å². The Kier molecular flexibility index (Phi) is 3.04. The molecule has 0 heterocycles. The van der Waals surface area contributed by atoms with Crippen LogP contribution in [0.15, 0.2) is 18.2 Å². The zero-order valence-corrected chi connectivity index (χ0v) is 9.88. The summed E-state index contributed by atoms with van der Waals surface area (Å²) in [4.78, 5) is 21.9. The standard InChI is InChI=1S/C12H13NO5/c1-18-11(14)12(15)6-2-3-8-4-5-9(13(16)17)7-10(8)12/h4-5,7,15H,2-3,6H2,1H3. The Morgan fingerprint density at radius 1 is 1.56 bits per heavy atom. The van der Waals surface area contributed by atoms with Crippen LogP contribution < -0.4 is 0 Å². The molecule has 0 saturated carbocycles. The summed E-state index contributed by atoms with van der Waals surface area (Å²) in [6.45, 7) is 0. The third-order valence-corrected chi connectivity index (χ3v) is 3.26. The van der Waals surface area contributed by atoms with Crippen molar-refractivity contribution in [3.63, 3.8) is 0 Å². The van der Waals surface area contributed by atoms with E-state index >= 15 is 0 Å². The average molecular weight is 251 g/mol. The van der Waals surface area contributed by atoms with Gasteiger partial charge in [0.05, 0.1) is 12.0 Å². The van der Waals surface area contributed by atoms with E-state index in [0.717, 1.165) is 5.56 Å². The highest BCUT2D eigenvalue weighted by atomic mass is 16.6. The molecule has 1 atom stereocenters. The van der Waals surface area contributed by atoms with Gasteiger partial charge in [0.2, 0.25) is 0 Å². The highest BCUT2D eigenvalue weighted by molar-refractivity contribution is 5.82. The molecule has 0 aromatic heterocycles. The Morgan fingerprint density at radius 3 is 2.89 bits per heavy atom. The molecular weight excluding hydrogens is 238 g/mol. The fraction of sp³-hybridized carbons (Fsp3) is 0.417. The van der Waals surface area contributed by atoms with Crippen LogP contribution in [0.5, 0.6) is 0 Å². The Bertz CT molecular complexity index is 513. The highest BCUT2D eigenvalue weighted by Gasteiger charge is 2.43. The van der Waals surface area contributed by atoms with Crippen molar-refractivity contribution < 1.29 is 19.6 Å². The molecule has 0 fully saturated rings. The van der Waals surface area contributed by atoms with Crippen molar-refractivity contribution in [1.82, 2.24) is 0 Å². The van der Waals surface area contributed by atoms with Crippen LogP contribution in [-0.2, 0) is 21.6 Å². The number of hydrogen-bond donors (Lipinski definition) is 1. The van der Waals surface area contributed by atoms with Gasteiger partial charge in [0, 0.05) is 17.7 Å². The van der Waals surface area contributed by atoms with E-state index in [2.05, 4.69) is 4.74 Å². The molecule has 1 aliphatic carbocycles. The number of hydrogen-bond acceptors (Lipinski definition) is 5. The van der Waals surface area contributed by atoms with Crippen molar-refractivity contribution >= 4 is 11.7 Å². The molecule has 0 aliphatic heterocycles. The van der Waals surface area contributed by atoms with Crippen molar-refractivity contribution in [2.24, 2.45) is 0 Å². The number of benzene rings is 1. The molecule has 1 N–H and O–H groups in total. The predicted molar refractivity (Wildman–Crippen MR) is 61.9 cm³/mol. The summed E-state index contributed by atoms with van der Waals surface area (Å²) >= 11 is 0. The smallest absolute Gasteiger partial charge is 0.342 e. The maximum atomic E-state index is 11.7. The maximum Gasteiger partial charge on any atom is 0.342 e. The molecule has 18 heavy (non-hydrogen) atoms. The van der Waals surface area contributed by atoms with Gasteiger partial charge in [0.15, 0.2) is 5.60 Å². The first kappa shape index (κ1) is 12.5. The Balaban J connectivity index is 2.56. The molecule has 6 heteroatoms. The van der Waals surface area contributed by atoms with Gasteiger partial charge < -0.3 is 9.84 Å². The lowest BCUT2D eigenvalue weighted by atomic mass is 9.79. The molecule has 0 bridgehead atoms. The average Bonchev–Trinajstić information content (AvgIpc) is 2.37. The number of nitrogens with zero attached hydrogens (tertiary/aromatic N) is 1. The zero-order chi connectivity index (χ0) is 13.3. The van der Waals surface area contributed by atoms with E-state index in [4.69, 9.17) is 0 Å². The quantitative estimate of drug-likeness (QED) is 0.486. The lowest BCUT2D eigenvalue weighted by Crippen LogP contribution is -2.40. The number of ether oxygens (including phenoxy) is 1. The van der Waals surface area contributed by atoms with E-state index in [1.165, 1.54) is 19.2 Å². The van der Waals surface area contributed by atoms with Crippen LogP contribution in [-0.4, -0.2) is 23.1 Å². The fourth-order valence-electron chi connectivity index (χ4n) is 2.33. The molecule has 1 unspecified atom stereocenters. The minimum Gasteiger partial charge on any atom is -0.467 e. The van der Waals surface area contributed by atoms with Crippen LogP contribution >= 0.6 is 0 Å². The van der Waals surface area contributed by atoms with Gasteiger partial charge in [-0.05, 0) is 24.8 Å². The van der Waals surface area contributed by atoms with Gasteiger partial charge >= 0.3 is 5.97 Å². The number of nitro groups is 1. The SMILES string of the molecule is COC(=O)C1(O)CCCc2ccc([N+](=O)[O-])cc21. The van der Waals surface area contributed by atoms with E-state index in [0.29, 0.717) is 12.8 Å². The first-order chi connectivity index (χ1) is 8.49. The molecule has 0 radical (unpaired) electrons. The molecule has 1 aromatic carbocycles. The summed E-state index contributed by atoms with van der Waals surface area (Å²) in [7, 11) is 1.19. The molecule has 6 nitrogen and oxygen atoms in total. The first-order valence-electron chi connectivity index (χ1n) is 5.57. The lowest BCUT2D eigenvalue weighted by Gasteiger charge is -2.31. The fourth-order valence-corrected chi connectivity index (χ4v) is 2.33. The van der Waals surface area contributed by atoms with Crippen molar-refractivity contribution in [2.75, 3.05) is 7.11 Å². The van der Waals surface area contributed by atoms with Gasteiger partial charge in [-0.1, -0.05) is 6.07 Å². The van der Waals surface area contributed by atoms with Gasteiger partial charge in [-0.2, -0.15) is 0 Å². The number of rotatable bonds is 2. The second-order valence-corrected chi connectivity index (χ2v) is 4.30. The van der Waals surface area contributed by atoms with Crippen LogP contribution in [0.2, 0.25) is 0 Å². The third-order valence-electron chi connectivity index (χ3n) is 3.26. The summed E-state index contributed by atoms with van der Waals surface area (Å²) in [6, 6.07) is 4.22. The largest absolute Gasteiger partial charge is 0.467 e. The van der Waals surface area contributed by atoms with E-state index < -0.39 is 16.5 Å². The van der Waals surface area contributed by atoms with Gasteiger partial charge in [0.1, 0.15) is 0 Å². The van der Waals surface area contributed by atoms with Gasteiger partial charge in [-0.3, -0.25) is 10.1 Å². The Labute approximate surface area is 103 Å². The number of carbonyl (C=O) groups is 1. The molecule has 0 amide bonds. The van der Waals surface area contributed by atoms with E-state index in [-0.39, 0.29) is 17.7 Å². The number of methoxy groups -OCH3 is 1. The Morgan fingerprint density at radius 2 is 2.28 bits per heavy atom. The van der Waals surface area contributed by atoms with Crippen molar-refractivity contribution in [3.05, 3.63) is 39.4 Å². The number of carbonyl (C=O) groups excluding carboxylic acids is 1.